The van der Waals surface area contributed by atoms with E-state index in [1.807, 2.05) is 0 Å². The van der Waals surface area contributed by atoms with Gasteiger partial charge in [-0.1, -0.05) is 15.9 Å². The number of Topliss-reactive ketones (excluding diaryl/α,β-unsaturated/α-hetero) is 1. The SMILES string of the molecule is CN1N=CC(Br)(C(=O)c2ccc([N+](=O)[O-])cc2)C1=O. The zero-order valence-electron chi connectivity index (χ0n) is 9.74. The first kappa shape index (κ1) is 13.3. The molecule has 0 bridgehead atoms. The molecule has 2 rings (SSSR count). The first-order valence-electron chi connectivity index (χ1n) is 5.18. The normalized spacial score (nSPS) is 21.8. The first-order valence-corrected chi connectivity index (χ1v) is 5.97. The number of nitro benzene ring substituents is 1. The van der Waals surface area contributed by atoms with Crippen LogP contribution in [0.15, 0.2) is 29.4 Å². The van der Waals surface area contributed by atoms with Crippen LogP contribution in [0.2, 0.25) is 0 Å². The Hall–Kier alpha value is -2.09. The summed E-state index contributed by atoms with van der Waals surface area (Å²) < 4.78 is -1.53. The topological polar surface area (TPSA) is 92.9 Å². The van der Waals surface area contributed by atoms with E-state index in [4.69, 9.17) is 0 Å². The Labute approximate surface area is 116 Å². The summed E-state index contributed by atoms with van der Waals surface area (Å²) in [6, 6.07) is 5.04. The van der Waals surface area contributed by atoms with Gasteiger partial charge in [-0.3, -0.25) is 19.7 Å². The highest BCUT2D eigenvalue weighted by Crippen LogP contribution is 2.28. The molecule has 1 amide bonds. The van der Waals surface area contributed by atoms with Crippen molar-refractivity contribution in [3.05, 3.63) is 39.9 Å². The van der Waals surface area contributed by atoms with Crippen molar-refractivity contribution in [2.75, 3.05) is 7.05 Å². The molecule has 1 atom stereocenters. The van der Waals surface area contributed by atoms with E-state index in [-0.39, 0.29) is 11.3 Å². The fourth-order valence-corrected chi connectivity index (χ4v) is 2.19. The zero-order valence-corrected chi connectivity index (χ0v) is 11.3. The van der Waals surface area contributed by atoms with Gasteiger partial charge < -0.3 is 0 Å². The molecule has 0 aromatic heterocycles. The van der Waals surface area contributed by atoms with Gasteiger partial charge in [0, 0.05) is 24.7 Å². The number of nitro groups is 1. The molecule has 98 valence electrons. The van der Waals surface area contributed by atoms with Gasteiger partial charge in [-0.15, -0.1) is 0 Å². The van der Waals surface area contributed by atoms with Gasteiger partial charge in [-0.25, -0.2) is 5.01 Å². The van der Waals surface area contributed by atoms with Crippen LogP contribution < -0.4 is 0 Å². The number of hydrazone groups is 1. The third kappa shape index (κ3) is 2.14. The van der Waals surface area contributed by atoms with Crippen molar-refractivity contribution in [1.82, 2.24) is 5.01 Å². The molecule has 0 N–H and O–H groups in total. The van der Waals surface area contributed by atoms with Gasteiger partial charge in [0.15, 0.2) is 5.78 Å². The number of ketones is 1. The molecule has 0 saturated carbocycles. The number of carbonyl (C=O) groups is 2. The van der Waals surface area contributed by atoms with E-state index in [0.717, 1.165) is 5.01 Å². The second-order valence-electron chi connectivity index (χ2n) is 3.92. The van der Waals surface area contributed by atoms with Crippen molar-refractivity contribution in [2.45, 2.75) is 4.32 Å². The van der Waals surface area contributed by atoms with Gasteiger partial charge >= 0.3 is 0 Å². The Balaban J connectivity index is 2.32. The Morgan fingerprint density at radius 2 is 2.00 bits per heavy atom. The Morgan fingerprint density at radius 3 is 2.42 bits per heavy atom. The van der Waals surface area contributed by atoms with Gasteiger partial charge in [0.25, 0.3) is 11.6 Å². The summed E-state index contributed by atoms with van der Waals surface area (Å²) in [5, 5.41) is 15.3. The third-order valence-corrected chi connectivity index (χ3v) is 3.59. The lowest BCUT2D eigenvalue weighted by Gasteiger charge is -2.16. The predicted molar refractivity (Wildman–Crippen MR) is 70.3 cm³/mol. The fraction of sp³-hybridized carbons (Fsp3) is 0.182. The molecule has 1 aromatic rings. The molecule has 1 aliphatic heterocycles. The van der Waals surface area contributed by atoms with Crippen LogP contribution >= 0.6 is 15.9 Å². The van der Waals surface area contributed by atoms with E-state index >= 15 is 0 Å². The minimum Gasteiger partial charge on any atom is -0.292 e. The lowest BCUT2D eigenvalue weighted by Crippen LogP contribution is -2.43. The molecule has 7 nitrogen and oxygen atoms in total. The van der Waals surface area contributed by atoms with Crippen LogP contribution in [-0.4, -0.2) is 39.2 Å². The standard InChI is InChI=1S/C11H8BrN3O4/c1-14-10(17)11(12,6-13-14)9(16)7-2-4-8(5-3-7)15(18)19/h2-6H,1H3. The molecule has 0 aliphatic carbocycles. The van der Waals surface area contributed by atoms with Crippen molar-refractivity contribution in [3.63, 3.8) is 0 Å². The molecule has 1 aliphatic rings. The Bertz CT molecular complexity index is 598. The number of nitrogens with zero attached hydrogens (tertiary/aromatic N) is 3. The lowest BCUT2D eigenvalue weighted by molar-refractivity contribution is -0.384. The minimum absolute atomic E-state index is 0.122. The number of non-ortho nitro benzene ring substituents is 1. The highest BCUT2D eigenvalue weighted by Gasteiger charge is 2.48. The molecule has 1 unspecified atom stereocenters. The molecule has 0 fully saturated rings. The predicted octanol–water partition coefficient (Wildman–Crippen LogP) is 1.37. The summed E-state index contributed by atoms with van der Waals surface area (Å²) in [4.78, 5) is 34.1. The van der Waals surface area contributed by atoms with E-state index < -0.39 is 20.9 Å². The Morgan fingerprint density at radius 1 is 1.42 bits per heavy atom. The molecule has 19 heavy (non-hydrogen) atoms. The smallest absolute Gasteiger partial charge is 0.272 e. The number of benzene rings is 1. The molecule has 1 aromatic carbocycles. The number of hydrogen-bond donors (Lipinski definition) is 0. The van der Waals surface area contributed by atoms with Crippen LogP contribution in [0, 0.1) is 10.1 Å². The number of alkyl halides is 1. The quantitative estimate of drug-likeness (QED) is 0.276. The van der Waals surface area contributed by atoms with Crippen LogP contribution in [0.5, 0.6) is 0 Å². The van der Waals surface area contributed by atoms with Crippen LogP contribution in [0.4, 0.5) is 5.69 Å². The molecular formula is C11H8BrN3O4. The fourth-order valence-electron chi connectivity index (χ4n) is 1.61. The summed E-state index contributed by atoms with van der Waals surface area (Å²) in [5.74, 6) is -1.02. The van der Waals surface area contributed by atoms with Crippen LogP contribution in [0.3, 0.4) is 0 Å². The molecule has 8 heteroatoms. The molecular weight excluding hydrogens is 318 g/mol. The minimum atomic E-state index is -1.53. The van der Waals surface area contributed by atoms with Gasteiger partial charge in [-0.05, 0) is 12.1 Å². The second-order valence-corrected chi connectivity index (χ2v) is 5.17. The number of carbonyl (C=O) groups excluding carboxylic acids is 2. The monoisotopic (exact) mass is 325 g/mol. The van der Waals surface area contributed by atoms with Crippen LogP contribution in [0.25, 0.3) is 0 Å². The molecule has 0 saturated heterocycles. The lowest BCUT2D eigenvalue weighted by atomic mass is 9.98. The van der Waals surface area contributed by atoms with Crippen LogP contribution in [-0.2, 0) is 4.79 Å². The summed E-state index contributed by atoms with van der Waals surface area (Å²) in [6.07, 6.45) is 1.21. The van der Waals surface area contributed by atoms with Gasteiger partial charge in [0.2, 0.25) is 4.32 Å². The summed E-state index contributed by atoms with van der Waals surface area (Å²) >= 11 is 3.08. The van der Waals surface area contributed by atoms with Gasteiger partial charge in [-0.2, -0.15) is 5.10 Å². The number of hydrogen-bond acceptors (Lipinski definition) is 5. The third-order valence-electron chi connectivity index (χ3n) is 2.68. The van der Waals surface area contributed by atoms with E-state index in [1.54, 1.807) is 0 Å². The van der Waals surface area contributed by atoms with E-state index in [2.05, 4.69) is 21.0 Å². The van der Waals surface area contributed by atoms with E-state index in [1.165, 1.54) is 37.5 Å². The van der Waals surface area contributed by atoms with Crippen molar-refractivity contribution >= 4 is 39.5 Å². The average molecular weight is 326 g/mol. The first-order chi connectivity index (χ1) is 8.86. The van der Waals surface area contributed by atoms with Crippen molar-refractivity contribution in [1.29, 1.82) is 0 Å². The van der Waals surface area contributed by atoms with Crippen molar-refractivity contribution < 1.29 is 14.5 Å². The van der Waals surface area contributed by atoms with Gasteiger partial charge in [0.05, 0.1) is 11.1 Å². The number of halogens is 1. The number of amides is 1. The second kappa shape index (κ2) is 4.54. The maximum Gasteiger partial charge on any atom is 0.272 e. The highest BCUT2D eigenvalue weighted by atomic mass is 79.9. The maximum atomic E-state index is 12.3. The van der Waals surface area contributed by atoms with E-state index in [9.17, 15) is 19.7 Å². The average Bonchev–Trinajstić information content (AvgIpc) is 2.67. The molecule has 0 spiro atoms. The summed E-state index contributed by atoms with van der Waals surface area (Å²) in [7, 11) is 1.44. The van der Waals surface area contributed by atoms with E-state index in [0.29, 0.717) is 0 Å². The largest absolute Gasteiger partial charge is 0.292 e. The summed E-state index contributed by atoms with van der Waals surface area (Å²) in [5.41, 5.74) is 0.0706. The maximum absolute atomic E-state index is 12.3. The highest BCUT2D eigenvalue weighted by molar-refractivity contribution is 9.11. The van der Waals surface area contributed by atoms with Crippen LogP contribution in [0.1, 0.15) is 10.4 Å². The summed E-state index contributed by atoms with van der Waals surface area (Å²) in [6.45, 7) is 0. The van der Waals surface area contributed by atoms with Crippen molar-refractivity contribution in [2.24, 2.45) is 5.10 Å². The zero-order chi connectivity index (χ0) is 14.2. The molecule has 1 heterocycles. The van der Waals surface area contributed by atoms with Crippen molar-refractivity contribution in [3.8, 4) is 0 Å². The van der Waals surface area contributed by atoms with Gasteiger partial charge in [0.1, 0.15) is 0 Å². The molecule has 0 radical (unpaired) electrons. The Kier molecular flexibility index (Phi) is 3.19. The number of rotatable bonds is 3.